The number of carbonyl (C=O) groups is 1. The number of hydrogen-bond acceptors (Lipinski definition) is 5. The predicted octanol–water partition coefficient (Wildman–Crippen LogP) is 0.538. The van der Waals surface area contributed by atoms with E-state index in [1.807, 2.05) is 20.8 Å². The summed E-state index contributed by atoms with van der Waals surface area (Å²) in [5.41, 5.74) is 2.67. The molecular weight excluding hydrogens is 206 g/mol. The number of nitrogens with zero attached hydrogens (tertiary/aromatic N) is 2. The minimum absolute atomic E-state index is 0.0435. The van der Waals surface area contributed by atoms with Crippen LogP contribution in [0.25, 0.3) is 0 Å². The summed E-state index contributed by atoms with van der Waals surface area (Å²) in [5, 5.41) is 2.78. The zero-order chi connectivity index (χ0) is 12.2. The summed E-state index contributed by atoms with van der Waals surface area (Å²) >= 11 is 0. The second-order valence-corrected chi connectivity index (χ2v) is 4.67. The third-order valence-electron chi connectivity index (χ3n) is 1.81. The van der Waals surface area contributed by atoms with Crippen molar-refractivity contribution in [3.05, 3.63) is 18.1 Å². The van der Waals surface area contributed by atoms with Gasteiger partial charge in [0.2, 0.25) is 0 Å². The molecule has 0 fully saturated rings. The number of rotatable bonds is 3. The van der Waals surface area contributed by atoms with Gasteiger partial charge in [0.15, 0.2) is 5.82 Å². The van der Waals surface area contributed by atoms with Crippen LogP contribution in [0, 0.1) is 5.41 Å². The molecule has 0 atom stereocenters. The highest BCUT2D eigenvalue weighted by Gasteiger charge is 2.13. The number of anilines is 1. The van der Waals surface area contributed by atoms with Crippen LogP contribution < -0.4 is 16.6 Å². The molecule has 0 aliphatic heterocycles. The monoisotopic (exact) mass is 223 g/mol. The van der Waals surface area contributed by atoms with Gasteiger partial charge in [-0.2, -0.15) is 0 Å². The Kier molecular flexibility index (Phi) is 3.78. The Hall–Kier alpha value is -1.69. The number of nitrogen functional groups attached to an aromatic ring is 1. The maximum absolute atomic E-state index is 11.6. The van der Waals surface area contributed by atoms with E-state index in [2.05, 4.69) is 20.7 Å². The average Bonchev–Trinajstić information content (AvgIpc) is 2.25. The fourth-order valence-corrected chi connectivity index (χ4v) is 0.956. The Morgan fingerprint density at radius 2 is 2.06 bits per heavy atom. The summed E-state index contributed by atoms with van der Waals surface area (Å²) in [7, 11) is 0. The van der Waals surface area contributed by atoms with Gasteiger partial charge < -0.3 is 10.7 Å². The molecule has 1 aromatic rings. The summed E-state index contributed by atoms with van der Waals surface area (Å²) < 4.78 is 0. The lowest BCUT2D eigenvalue weighted by molar-refractivity contribution is 0.0934. The van der Waals surface area contributed by atoms with Crippen LogP contribution in [0.1, 0.15) is 31.3 Å². The molecule has 0 saturated carbocycles. The Morgan fingerprint density at radius 3 is 2.50 bits per heavy atom. The molecule has 1 heterocycles. The van der Waals surface area contributed by atoms with Crippen molar-refractivity contribution in [2.24, 2.45) is 11.3 Å². The SMILES string of the molecule is CC(C)(C)CNC(=O)c1cnc(NN)cn1. The highest BCUT2D eigenvalue weighted by atomic mass is 16.1. The van der Waals surface area contributed by atoms with Crippen LogP contribution in [-0.2, 0) is 0 Å². The van der Waals surface area contributed by atoms with E-state index in [0.29, 0.717) is 12.4 Å². The van der Waals surface area contributed by atoms with Gasteiger partial charge in [-0.15, -0.1) is 0 Å². The van der Waals surface area contributed by atoms with Crippen molar-refractivity contribution in [2.75, 3.05) is 12.0 Å². The zero-order valence-electron chi connectivity index (χ0n) is 9.74. The first kappa shape index (κ1) is 12.4. The Morgan fingerprint density at radius 1 is 1.38 bits per heavy atom. The Bertz CT molecular complexity index is 354. The lowest BCUT2D eigenvalue weighted by Crippen LogP contribution is -2.32. The molecule has 0 radical (unpaired) electrons. The molecule has 4 N–H and O–H groups in total. The number of amides is 1. The van der Waals surface area contributed by atoms with Gasteiger partial charge in [0, 0.05) is 6.54 Å². The van der Waals surface area contributed by atoms with E-state index in [1.54, 1.807) is 0 Å². The van der Waals surface area contributed by atoms with E-state index in [0.717, 1.165) is 0 Å². The second-order valence-electron chi connectivity index (χ2n) is 4.67. The van der Waals surface area contributed by atoms with E-state index in [1.165, 1.54) is 12.4 Å². The summed E-state index contributed by atoms with van der Waals surface area (Å²) in [6.45, 7) is 6.71. The third kappa shape index (κ3) is 3.82. The summed E-state index contributed by atoms with van der Waals surface area (Å²) in [4.78, 5) is 19.5. The molecule has 1 rings (SSSR count). The summed E-state index contributed by atoms with van der Waals surface area (Å²) in [6, 6.07) is 0. The van der Waals surface area contributed by atoms with Gasteiger partial charge in [0.25, 0.3) is 5.91 Å². The largest absolute Gasteiger partial charge is 0.350 e. The molecule has 0 aliphatic carbocycles. The topological polar surface area (TPSA) is 92.9 Å². The van der Waals surface area contributed by atoms with Gasteiger partial charge in [-0.1, -0.05) is 20.8 Å². The molecule has 6 nitrogen and oxygen atoms in total. The van der Waals surface area contributed by atoms with E-state index in [9.17, 15) is 4.79 Å². The van der Waals surface area contributed by atoms with Gasteiger partial charge in [-0.3, -0.25) is 4.79 Å². The first-order valence-electron chi connectivity index (χ1n) is 4.99. The first-order chi connectivity index (χ1) is 7.42. The Labute approximate surface area is 94.6 Å². The van der Waals surface area contributed by atoms with Crippen molar-refractivity contribution >= 4 is 11.7 Å². The van der Waals surface area contributed by atoms with Crippen molar-refractivity contribution in [3.63, 3.8) is 0 Å². The fraction of sp³-hybridized carbons (Fsp3) is 0.500. The number of aromatic nitrogens is 2. The molecule has 0 bridgehead atoms. The Balaban J connectivity index is 2.59. The molecular formula is C10H17N5O. The highest BCUT2D eigenvalue weighted by Crippen LogP contribution is 2.10. The number of hydrazine groups is 1. The molecule has 0 aliphatic rings. The predicted molar refractivity (Wildman–Crippen MR) is 61.6 cm³/mol. The fourth-order valence-electron chi connectivity index (χ4n) is 0.956. The van der Waals surface area contributed by atoms with E-state index >= 15 is 0 Å². The molecule has 6 heteroatoms. The quantitative estimate of drug-likeness (QED) is 0.513. The van der Waals surface area contributed by atoms with E-state index in [4.69, 9.17) is 5.84 Å². The number of nitrogens with two attached hydrogens (primary N) is 1. The molecule has 1 aromatic heterocycles. The maximum atomic E-state index is 11.6. The molecule has 1 amide bonds. The highest BCUT2D eigenvalue weighted by molar-refractivity contribution is 5.92. The van der Waals surface area contributed by atoms with E-state index < -0.39 is 0 Å². The standard InChI is InChI=1S/C10H17N5O/c1-10(2,3)6-14-9(16)7-4-13-8(15-11)5-12-7/h4-5H,6,11H2,1-3H3,(H,13,15)(H,14,16). The van der Waals surface area contributed by atoms with Crippen LogP contribution in [-0.4, -0.2) is 22.4 Å². The van der Waals surface area contributed by atoms with E-state index in [-0.39, 0.29) is 17.0 Å². The minimum Gasteiger partial charge on any atom is -0.350 e. The summed E-state index contributed by atoms with van der Waals surface area (Å²) in [6.07, 6.45) is 2.79. The van der Waals surface area contributed by atoms with Crippen LogP contribution in [0.5, 0.6) is 0 Å². The van der Waals surface area contributed by atoms with Crippen molar-refractivity contribution in [2.45, 2.75) is 20.8 Å². The average molecular weight is 223 g/mol. The van der Waals surface area contributed by atoms with Crippen molar-refractivity contribution < 1.29 is 4.79 Å². The van der Waals surface area contributed by atoms with Crippen molar-refractivity contribution in [1.29, 1.82) is 0 Å². The van der Waals surface area contributed by atoms with Crippen LogP contribution in [0.2, 0.25) is 0 Å². The number of nitrogens with one attached hydrogen (secondary N) is 2. The van der Waals surface area contributed by atoms with Gasteiger partial charge in [0.05, 0.1) is 12.4 Å². The van der Waals surface area contributed by atoms with Gasteiger partial charge >= 0.3 is 0 Å². The van der Waals surface area contributed by atoms with Gasteiger partial charge in [-0.25, -0.2) is 15.8 Å². The molecule has 0 saturated heterocycles. The number of hydrogen-bond donors (Lipinski definition) is 3. The lowest BCUT2D eigenvalue weighted by atomic mass is 9.97. The van der Waals surface area contributed by atoms with Crippen LogP contribution in [0.4, 0.5) is 5.82 Å². The zero-order valence-corrected chi connectivity index (χ0v) is 9.74. The second kappa shape index (κ2) is 4.89. The van der Waals surface area contributed by atoms with Crippen molar-refractivity contribution in [3.8, 4) is 0 Å². The van der Waals surface area contributed by atoms with Crippen LogP contribution in [0.15, 0.2) is 12.4 Å². The normalized spacial score (nSPS) is 11.0. The van der Waals surface area contributed by atoms with Crippen LogP contribution >= 0.6 is 0 Å². The maximum Gasteiger partial charge on any atom is 0.271 e. The molecule has 0 aromatic carbocycles. The third-order valence-corrected chi connectivity index (χ3v) is 1.81. The molecule has 0 unspecified atom stereocenters. The van der Waals surface area contributed by atoms with Crippen molar-refractivity contribution in [1.82, 2.24) is 15.3 Å². The van der Waals surface area contributed by atoms with Gasteiger partial charge in [0.1, 0.15) is 5.69 Å². The van der Waals surface area contributed by atoms with Crippen LogP contribution in [0.3, 0.4) is 0 Å². The minimum atomic E-state index is -0.231. The molecule has 88 valence electrons. The number of carbonyl (C=O) groups excluding carboxylic acids is 1. The first-order valence-corrected chi connectivity index (χ1v) is 4.99. The molecule has 0 spiro atoms. The molecule has 16 heavy (non-hydrogen) atoms. The summed E-state index contributed by atoms with van der Waals surface area (Å²) in [5.74, 6) is 5.33. The lowest BCUT2D eigenvalue weighted by Gasteiger charge is -2.18. The smallest absolute Gasteiger partial charge is 0.271 e. The van der Waals surface area contributed by atoms with Gasteiger partial charge in [-0.05, 0) is 5.41 Å².